The Bertz CT molecular complexity index is 1020. The normalized spacial score (nSPS) is 23.7. The van der Waals surface area contributed by atoms with E-state index < -0.39 is 0 Å². The van der Waals surface area contributed by atoms with Gasteiger partial charge in [0, 0.05) is 30.8 Å². The molecule has 4 heteroatoms. The molecule has 1 amide bonds. The van der Waals surface area contributed by atoms with Crippen molar-refractivity contribution < 1.29 is 9.53 Å². The van der Waals surface area contributed by atoms with Gasteiger partial charge in [0.1, 0.15) is 0 Å². The van der Waals surface area contributed by atoms with Crippen molar-refractivity contribution in [3.8, 4) is 0 Å². The minimum absolute atomic E-state index is 0.0000479. The molecule has 1 aliphatic carbocycles. The maximum atomic E-state index is 13.6. The second-order valence-electron chi connectivity index (χ2n) is 8.93. The zero-order valence-corrected chi connectivity index (χ0v) is 18.0. The molecular weight excluding hydrogens is 384 g/mol. The van der Waals surface area contributed by atoms with Crippen LogP contribution in [0.2, 0.25) is 0 Å². The summed E-state index contributed by atoms with van der Waals surface area (Å²) in [5, 5.41) is 1.14. The molecule has 1 saturated heterocycles. The summed E-state index contributed by atoms with van der Waals surface area (Å²) in [6.07, 6.45) is 7.09. The predicted molar refractivity (Wildman–Crippen MR) is 123 cm³/mol. The first-order valence-corrected chi connectivity index (χ1v) is 11.6. The SMILES string of the molecule is O=C(C1CCOC1)N(Cc1ccnc2ccccc12)C1CCC(c2ccccc2)CC1. The zero-order chi connectivity index (χ0) is 21.0. The second kappa shape index (κ2) is 9.19. The van der Waals surface area contributed by atoms with Gasteiger partial charge in [-0.2, -0.15) is 0 Å². The fourth-order valence-electron chi connectivity index (χ4n) is 5.27. The monoisotopic (exact) mass is 414 g/mol. The molecule has 2 heterocycles. The van der Waals surface area contributed by atoms with Crippen molar-refractivity contribution in [3.63, 3.8) is 0 Å². The highest BCUT2D eigenvalue weighted by atomic mass is 16.5. The standard InChI is InChI=1S/C27H30N2O2/c30-27(23-15-17-31-19-23)29(18-22-14-16-28-26-9-5-4-8-25(22)26)24-12-10-21(11-13-24)20-6-2-1-3-7-20/h1-9,14,16,21,23-24H,10-13,15,17-19H2. The summed E-state index contributed by atoms with van der Waals surface area (Å²) in [5.74, 6) is 0.868. The molecule has 4 nitrogen and oxygen atoms in total. The molecule has 0 N–H and O–H groups in total. The number of carbonyl (C=O) groups excluding carboxylic acids is 1. The summed E-state index contributed by atoms with van der Waals surface area (Å²) in [5.41, 5.74) is 3.61. The molecule has 1 aromatic heterocycles. The Morgan fingerprint density at radius 3 is 2.48 bits per heavy atom. The van der Waals surface area contributed by atoms with Crippen LogP contribution in [-0.2, 0) is 16.1 Å². The van der Waals surface area contributed by atoms with Gasteiger partial charge in [-0.15, -0.1) is 0 Å². The van der Waals surface area contributed by atoms with E-state index in [4.69, 9.17) is 4.74 Å². The van der Waals surface area contributed by atoms with E-state index in [1.165, 1.54) is 11.1 Å². The first kappa shape index (κ1) is 20.2. The molecule has 1 aliphatic heterocycles. The van der Waals surface area contributed by atoms with Gasteiger partial charge in [-0.1, -0.05) is 48.5 Å². The van der Waals surface area contributed by atoms with E-state index in [1.54, 1.807) is 0 Å². The lowest BCUT2D eigenvalue weighted by molar-refractivity contribution is -0.139. The summed E-state index contributed by atoms with van der Waals surface area (Å²) in [4.78, 5) is 20.2. The minimum atomic E-state index is -0.0000479. The van der Waals surface area contributed by atoms with Crippen LogP contribution in [0, 0.1) is 5.92 Å². The smallest absolute Gasteiger partial charge is 0.228 e. The highest BCUT2D eigenvalue weighted by Crippen LogP contribution is 2.36. The molecule has 1 saturated carbocycles. The number of hydrogen-bond acceptors (Lipinski definition) is 3. The third-order valence-electron chi connectivity index (χ3n) is 7.05. The van der Waals surface area contributed by atoms with Crippen molar-refractivity contribution in [3.05, 3.63) is 78.0 Å². The Morgan fingerprint density at radius 1 is 0.935 bits per heavy atom. The average Bonchev–Trinajstić information content (AvgIpc) is 3.38. The van der Waals surface area contributed by atoms with Crippen LogP contribution in [0.25, 0.3) is 10.9 Å². The van der Waals surface area contributed by atoms with Gasteiger partial charge in [-0.25, -0.2) is 0 Å². The fourth-order valence-corrected chi connectivity index (χ4v) is 5.27. The van der Waals surface area contributed by atoms with Crippen LogP contribution in [0.4, 0.5) is 0 Å². The Morgan fingerprint density at radius 2 is 1.71 bits per heavy atom. The number of pyridine rings is 1. The largest absolute Gasteiger partial charge is 0.381 e. The van der Waals surface area contributed by atoms with Gasteiger partial charge in [0.05, 0.1) is 18.0 Å². The van der Waals surface area contributed by atoms with Crippen LogP contribution in [0.1, 0.15) is 49.1 Å². The molecule has 1 unspecified atom stereocenters. The van der Waals surface area contributed by atoms with E-state index in [0.29, 0.717) is 31.7 Å². The zero-order valence-electron chi connectivity index (χ0n) is 18.0. The molecule has 0 spiro atoms. The Labute approximate surface area is 184 Å². The Hall–Kier alpha value is -2.72. The van der Waals surface area contributed by atoms with Crippen LogP contribution in [0.5, 0.6) is 0 Å². The Kier molecular flexibility index (Phi) is 5.99. The summed E-state index contributed by atoms with van der Waals surface area (Å²) in [7, 11) is 0. The third-order valence-corrected chi connectivity index (χ3v) is 7.05. The number of rotatable bonds is 5. The lowest BCUT2D eigenvalue weighted by Crippen LogP contribution is -2.44. The summed E-state index contributed by atoms with van der Waals surface area (Å²) in [6.45, 7) is 1.91. The average molecular weight is 415 g/mol. The van der Waals surface area contributed by atoms with Gasteiger partial charge in [-0.3, -0.25) is 9.78 Å². The van der Waals surface area contributed by atoms with Crippen molar-refractivity contribution in [2.75, 3.05) is 13.2 Å². The summed E-state index contributed by atoms with van der Waals surface area (Å²) in [6, 6.07) is 21.4. The van der Waals surface area contributed by atoms with Gasteiger partial charge >= 0.3 is 0 Å². The van der Waals surface area contributed by atoms with Crippen LogP contribution in [0.15, 0.2) is 66.9 Å². The van der Waals surface area contributed by atoms with Crippen molar-refractivity contribution in [2.24, 2.45) is 5.92 Å². The lowest BCUT2D eigenvalue weighted by atomic mass is 9.81. The third kappa shape index (κ3) is 4.35. The topological polar surface area (TPSA) is 42.4 Å². The number of fused-ring (bicyclic) bond motifs is 1. The predicted octanol–water partition coefficient (Wildman–Crippen LogP) is 5.33. The van der Waals surface area contributed by atoms with Crippen molar-refractivity contribution in [2.45, 2.75) is 50.6 Å². The molecule has 5 rings (SSSR count). The molecule has 160 valence electrons. The highest BCUT2D eigenvalue weighted by molar-refractivity contribution is 5.83. The van der Waals surface area contributed by atoms with E-state index in [2.05, 4.69) is 58.4 Å². The van der Waals surface area contributed by atoms with E-state index >= 15 is 0 Å². The van der Waals surface area contributed by atoms with Crippen LogP contribution in [0.3, 0.4) is 0 Å². The second-order valence-corrected chi connectivity index (χ2v) is 8.93. The highest BCUT2D eigenvalue weighted by Gasteiger charge is 2.34. The van der Waals surface area contributed by atoms with Crippen molar-refractivity contribution in [1.82, 2.24) is 9.88 Å². The van der Waals surface area contributed by atoms with E-state index in [9.17, 15) is 4.79 Å². The summed E-state index contributed by atoms with van der Waals surface area (Å²) < 4.78 is 5.55. The Balaban J connectivity index is 1.38. The van der Waals surface area contributed by atoms with E-state index in [0.717, 1.165) is 43.0 Å². The molecule has 3 aromatic rings. The number of aromatic nitrogens is 1. The molecule has 31 heavy (non-hydrogen) atoms. The molecule has 2 aromatic carbocycles. The van der Waals surface area contributed by atoms with Gasteiger partial charge in [0.15, 0.2) is 0 Å². The number of benzene rings is 2. The maximum Gasteiger partial charge on any atom is 0.228 e. The van der Waals surface area contributed by atoms with Crippen LogP contribution in [-0.4, -0.2) is 35.0 Å². The first-order valence-electron chi connectivity index (χ1n) is 11.6. The number of hydrogen-bond donors (Lipinski definition) is 0. The molecule has 1 atom stereocenters. The molecule has 2 fully saturated rings. The number of nitrogens with zero attached hydrogens (tertiary/aromatic N) is 2. The van der Waals surface area contributed by atoms with Crippen molar-refractivity contribution in [1.29, 1.82) is 0 Å². The molecule has 0 radical (unpaired) electrons. The van der Waals surface area contributed by atoms with Gasteiger partial charge in [-0.05, 0) is 61.3 Å². The first-order chi connectivity index (χ1) is 15.3. The fraction of sp³-hybridized carbons (Fsp3) is 0.407. The van der Waals surface area contributed by atoms with Gasteiger partial charge in [0.25, 0.3) is 0 Å². The number of carbonyl (C=O) groups is 1. The van der Waals surface area contributed by atoms with E-state index in [1.807, 2.05) is 18.3 Å². The minimum Gasteiger partial charge on any atom is -0.381 e. The number of amides is 1. The van der Waals surface area contributed by atoms with Gasteiger partial charge < -0.3 is 9.64 Å². The quantitative estimate of drug-likeness (QED) is 0.567. The molecule has 0 bridgehead atoms. The number of ether oxygens (including phenoxy) is 1. The lowest BCUT2D eigenvalue weighted by Gasteiger charge is -2.38. The maximum absolute atomic E-state index is 13.6. The van der Waals surface area contributed by atoms with Gasteiger partial charge in [0.2, 0.25) is 5.91 Å². The van der Waals surface area contributed by atoms with Crippen molar-refractivity contribution >= 4 is 16.8 Å². The van der Waals surface area contributed by atoms with E-state index in [-0.39, 0.29) is 11.8 Å². The number of para-hydroxylation sites is 1. The van der Waals surface area contributed by atoms with Crippen LogP contribution < -0.4 is 0 Å². The molecule has 2 aliphatic rings. The summed E-state index contributed by atoms with van der Waals surface area (Å²) >= 11 is 0. The van der Waals surface area contributed by atoms with Crippen LogP contribution >= 0.6 is 0 Å². The molecular formula is C27H30N2O2.